The van der Waals surface area contributed by atoms with Gasteiger partial charge in [-0.25, -0.2) is 0 Å². The van der Waals surface area contributed by atoms with Crippen molar-refractivity contribution in [2.24, 2.45) is 0 Å². The highest BCUT2D eigenvalue weighted by atomic mass is 79.9. The van der Waals surface area contributed by atoms with Crippen molar-refractivity contribution in [3.05, 3.63) is 26.9 Å². The zero-order valence-electron chi connectivity index (χ0n) is 9.30. The number of carbonyl (C=O) groups excluding carboxylic acids is 1. The first-order valence-electron chi connectivity index (χ1n) is 5.54. The first kappa shape index (κ1) is 12.8. The highest BCUT2D eigenvalue weighted by molar-refractivity contribution is 9.11. The molecule has 1 amide bonds. The quantitative estimate of drug-likeness (QED) is 0.871. The Kier molecular flexibility index (Phi) is 4.36. The molecule has 0 saturated carbocycles. The smallest absolute Gasteiger partial charge is 0.246 e. The molecule has 3 nitrogen and oxygen atoms in total. The molecular formula is C12H14BrNO2S. The molecule has 1 fully saturated rings. The van der Waals surface area contributed by atoms with Crippen molar-refractivity contribution in [1.82, 2.24) is 4.90 Å². The van der Waals surface area contributed by atoms with Crippen molar-refractivity contribution in [2.45, 2.75) is 18.9 Å². The summed E-state index contributed by atoms with van der Waals surface area (Å²) in [7, 11) is 0. The zero-order valence-corrected chi connectivity index (χ0v) is 11.7. The number of aliphatic hydroxyl groups excluding tert-OH is 1. The molecule has 0 radical (unpaired) electrons. The lowest BCUT2D eigenvalue weighted by Crippen LogP contribution is -2.36. The highest BCUT2D eigenvalue weighted by Gasteiger charge is 2.26. The van der Waals surface area contributed by atoms with Crippen molar-refractivity contribution >= 4 is 39.2 Å². The predicted molar refractivity (Wildman–Crippen MR) is 72.9 cm³/mol. The van der Waals surface area contributed by atoms with Crippen LogP contribution < -0.4 is 0 Å². The minimum Gasteiger partial charge on any atom is -0.394 e. The normalized spacial score (nSPS) is 20.4. The summed E-state index contributed by atoms with van der Waals surface area (Å²) in [4.78, 5) is 13.7. The summed E-state index contributed by atoms with van der Waals surface area (Å²) >= 11 is 4.98. The van der Waals surface area contributed by atoms with E-state index >= 15 is 0 Å². The molecule has 1 aliphatic rings. The van der Waals surface area contributed by atoms with Crippen molar-refractivity contribution in [3.8, 4) is 0 Å². The van der Waals surface area contributed by atoms with Crippen LogP contribution in [0.15, 0.2) is 21.3 Å². The second-order valence-corrected chi connectivity index (χ2v) is 6.32. The van der Waals surface area contributed by atoms with Gasteiger partial charge in [0.15, 0.2) is 0 Å². The second kappa shape index (κ2) is 5.80. The van der Waals surface area contributed by atoms with Crippen molar-refractivity contribution in [2.75, 3.05) is 13.2 Å². The van der Waals surface area contributed by atoms with Crippen molar-refractivity contribution in [3.63, 3.8) is 0 Å². The Morgan fingerprint density at radius 1 is 1.71 bits per heavy atom. The third-order valence-electron chi connectivity index (χ3n) is 2.88. The van der Waals surface area contributed by atoms with Crippen LogP contribution in [0.1, 0.15) is 18.4 Å². The fourth-order valence-corrected chi connectivity index (χ4v) is 3.13. The number of amides is 1. The van der Waals surface area contributed by atoms with Gasteiger partial charge in [-0.1, -0.05) is 0 Å². The largest absolute Gasteiger partial charge is 0.394 e. The molecule has 0 aromatic carbocycles. The molecule has 1 N–H and O–H groups in total. The summed E-state index contributed by atoms with van der Waals surface area (Å²) in [6, 6.07) is 1.98. The lowest BCUT2D eigenvalue weighted by atomic mass is 10.2. The van der Waals surface area contributed by atoms with Crippen LogP contribution in [0.4, 0.5) is 0 Å². The van der Waals surface area contributed by atoms with Gasteiger partial charge in [0.05, 0.1) is 16.4 Å². The molecule has 1 aromatic heterocycles. The Morgan fingerprint density at radius 3 is 3.18 bits per heavy atom. The van der Waals surface area contributed by atoms with Gasteiger partial charge in [0.1, 0.15) is 0 Å². The molecule has 0 unspecified atom stereocenters. The molecule has 0 aliphatic carbocycles. The summed E-state index contributed by atoms with van der Waals surface area (Å²) in [5.41, 5.74) is 1.02. The number of aliphatic hydroxyl groups is 1. The Morgan fingerprint density at radius 2 is 2.53 bits per heavy atom. The molecule has 1 saturated heterocycles. The average Bonchev–Trinajstić information content (AvgIpc) is 2.94. The average molecular weight is 316 g/mol. The van der Waals surface area contributed by atoms with E-state index < -0.39 is 0 Å². The second-order valence-electron chi connectivity index (χ2n) is 4.03. The monoisotopic (exact) mass is 315 g/mol. The maximum atomic E-state index is 11.9. The molecule has 1 aliphatic heterocycles. The van der Waals surface area contributed by atoms with Gasteiger partial charge in [0.25, 0.3) is 0 Å². The molecule has 5 heteroatoms. The van der Waals surface area contributed by atoms with E-state index in [9.17, 15) is 4.79 Å². The van der Waals surface area contributed by atoms with E-state index in [2.05, 4.69) is 15.9 Å². The molecular weight excluding hydrogens is 302 g/mol. The lowest BCUT2D eigenvalue weighted by Gasteiger charge is -2.21. The van der Waals surface area contributed by atoms with Crippen LogP contribution in [0, 0.1) is 0 Å². The van der Waals surface area contributed by atoms with Gasteiger partial charge in [-0.05, 0) is 51.9 Å². The van der Waals surface area contributed by atoms with E-state index in [1.807, 2.05) is 17.5 Å². The van der Waals surface area contributed by atoms with E-state index in [1.165, 1.54) is 0 Å². The Bertz CT molecular complexity index is 430. The number of likely N-dealkylation sites (tertiary alicyclic amines) is 1. The summed E-state index contributed by atoms with van der Waals surface area (Å²) in [5, 5.41) is 11.1. The van der Waals surface area contributed by atoms with E-state index in [0.29, 0.717) is 0 Å². The van der Waals surface area contributed by atoms with Gasteiger partial charge in [-0.3, -0.25) is 4.79 Å². The zero-order chi connectivity index (χ0) is 12.3. The first-order chi connectivity index (χ1) is 8.20. The molecule has 1 aromatic rings. The van der Waals surface area contributed by atoms with Crippen LogP contribution in [0.25, 0.3) is 6.08 Å². The van der Waals surface area contributed by atoms with Crippen LogP contribution in [0.2, 0.25) is 0 Å². The summed E-state index contributed by atoms with van der Waals surface area (Å²) in [5.74, 6) is -0.0103. The SMILES string of the molecule is O=C(/C=C/c1csc(Br)c1)N1CCC[C@@H]1CO. The van der Waals surface area contributed by atoms with Crippen LogP contribution >= 0.6 is 27.3 Å². The fraction of sp³-hybridized carbons (Fsp3) is 0.417. The van der Waals surface area contributed by atoms with Gasteiger partial charge in [-0.15, -0.1) is 11.3 Å². The van der Waals surface area contributed by atoms with Crippen LogP contribution in [-0.4, -0.2) is 35.1 Å². The van der Waals surface area contributed by atoms with Gasteiger partial charge in [0.2, 0.25) is 5.91 Å². The van der Waals surface area contributed by atoms with E-state index in [0.717, 1.165) is 28.7 Å². The van der Waals surface area contributed by atoms with E-state index in [1.54, 1.807) is 22.3 Å². The number of hydrogen-bond donors (Lipinski definition) is 1. The molecule has 1 atom stereocenters. The van der Waals surface area contributed by atoms with Crippen LogP contribution in [0.3, 0.4) is 0 Å². The number of hydrogen-bond acceptors (Lipinski definition) is 3. The number of nitrogens with zero attached hydrogens (tertiary/aromatic N) is 1. The number of thiophene rings is 1. The van der Waals surface area contributed by atoms with Crippen molar-refractivity contribution in [1.29, 1.82) is 0 Å². The predicted octanol–water partition coefficient (Wildman–Crippen LogP) is 2.51. The van der Waals surface area contributed by atoms with Crippen LogP contribution in [0.5, 0.6) is 0 Å². The molecule has 17 heavy (non-hydrogen) atoms. The highest BCUT2D eigenvalue weighted by Crippen LogP contribution is 2.22. The third-order valence-corrected chi connectivity index (χ3v) is 4.40. The lowest BCUT2D eigenvalue weighted by molar-refractivity contribution is -0.127. The summed E-state index contributed by atoms with van der Waals surface area (Å²) in [6.45, 7) is 0.811. The maximum absolute atomic E-state index is 11.9. The standard InChI is InChI=1S/C12H14BrNO2S/c13-11-6-9(8-17-11)3-4-12(16)14-5-1-2-10(14)7-15/h3-4,6,8,10,15H,1-2,5,7H2/b4-3+/t10-/m1/s1. The van der Waals surface area contributed by atoms with Crippen LogP contribution in [-0.2, 0) is 4.79 Å². The Labute approximate surface area is 113 Å². The first-order valence-corrected chi connectivity index (χ1v) is 7.21. The summed E-state index contributed by atoms with van der Waals surface area (Å²) < 4.78 is 1.05. The summed E-state index contributed by atoms with van der Waals surface area (Å²) in [6.07, 6.45) is 5.29. The molecule has 2 rings (SSSR count). The fourth-order valence-electron chi connectivity index (χ4n) is 1.99. The minimum atomic E-state index is -0.0103. The maximum Gasteiger partial charge on any atom is 0.246 e. The van der Waals surface area contributed by atoms with E-state index in [4.69, 9.17) is 5.11 Å². The molecule has 2 heterocycles. The van der Waals surface area contributed by atoms with E-state index in [-0.39, 0.29) is 18.6 Å². The number of carbonyl (C=O) groups is 1. The Hall–Kier alpha value is -0.650. The minimum absolute atomic E-state index is 0.00126. The van der Waals surface area contributed by atoms with Gasteiger partial charge in [0, 0.05) is 12.6 Å². The van der Waals surface area contributed by atoms with Gasteiger partial charge >= 0.3 is 0 Å². The van der Waals surface area contributed by atoms with Gasteiger partial charge < -0.3 is 10.0 Å². The molecule has 92 valence electrons. The third kappa shape index (κ3) is 3.18. The molecule has 0 spiro atoms. The Balaban J connectivity index is 1.99. The topological polar surface area (TPSA) is 40.5 Å². The van der Waals surface area contributed by atoms with Crippen molar-refractivity contribution < 1.29 is 9.90 Å². The van der Waals surface area contributed by atoms with Gasteiger partial charge in [-0.2, -0.15) is 0 Å². The number of halogens is 1. The number of rotatable bonds is 3. The molecule has 0 bridgehead atoms.